The fourth-order valence-corrected chi connectivity index (χ4v) is 2.37. The number of benzene rings is 1. The third-order valence-corrected chi connectivity index (χ3v) is 3.51. The average Bonchev–Trinajstić information content (AvgIpc) is 2.86. The molecule has 2 N–H and O–H groups in total. The second kappa shape index (κ2) is 6.88. The van der Waals surface area contributed by atoms with Crippen molar-refractivity contribution >= 4 is 17.3 Å². The van der Waals surface area contributed by atoms with Gasteiger partial charge in [0.15, 0.2) is 0 Å². The van der Waals surface area contributed by atoms with E-state index in [-0.39, 0.29) is 17.5 Å². The Hall–Kier alpha value is -2.37. The summed E-state index contributed by atoms with van der Waals surface area (Å²) in [6, 6.07) is 5.04. The molecule has 1 fully saturated rings. The van der Waals surface area contributed by atoms with Crippen LogP contribution >= 0.6 is 0 Å². The van der Waals surface area contributed by atoms with Gasteiger partial charge in [0.25, 0.3) is 5.69 Å². The molecule has 112 valence electrons. The number of nitro groups is 1. The van der Waals surface area contributed by atoms with Crippen molar-refractivity contribution in [3.8, 4) is 0 Å². The van der Waals surface area contributed by atoms with Gasteiger partial charge in [-0.2, -0.15) is 0 Å². The first-order valence-corrected chi connectivity index (χ1v) is 7.08. The molecule has 0 bridgehead atoms. The third kappa shape index (κ3) is 3.81. The van der Waals surface area contributed by atoms with Crippen LogP contribution in [0.2, 0.25) is 0 Å². The van der Waals surface area contributed by atoms with Crippen LogP contribution in [0.4, 0.5) is 11.4 Å². The summed E-state index contributed by atoms with van der Waals surface area (Å²) in [5.41, 5.74) is 1.34. The smallest absolute Gasteiger partial charge is 0.274 e. The molecule has 6 nitrogen and oxygen atoms in total. The zero-order chi connectivity index (χ0) is 15.2. The van der Waals surface area contributed by atoms with E-state index in [0.29, 0.717) is 24.2 Å². The summed E-state index contributed by atoms with van der Waals surface area (Å²) in [5.74, 6) is -0.181. The number of hydrogen-bond acceptors (Lipinski definition) is 4. The molecule has 1 unspecified atom stereocenters. The summed E-state index contributed by atoms with van der Waals surface area (Å²) in [6.07, 6.45) is 5.73. The number of amides is 1. The van der Waals surface area contributed by atoms with E-state index < -0.39 is 4.92 Å². The highest BCUT2D eigenvalue weighted by Gasteiger charge is 2.27. The summed E-state index contributed by atoms with van der Waals surface area (Å²) >= 11 is 0. The highest BCUT2D eigenvalue weighted by molar-refractivity contribution is 5.81. The van der Waals surface area contributed by atoms with Crippen molar-refractivity contribution in [2.45, 2.75) is 26.2 Å². The van der Waals surface area contributed by atoms with E-state index in [1.165, 1.54) is 6.07 Å². The molecule has 1 heterocycles. The maximum absolute atomic E-state index is 11.6. The Morgan fingerprint density at radius 3 is 2.95 bits per heavy atom. The number of anilines is 1. The van der Waals surface area contributed by atoms with Gasteiger partial charge >= 0.3 is 0 Å². The van der Waals surface area contributed by atoms with Gasteiger partial charge in [0, 0.05) is 29.8 Å². The number of nitrogens with zero attached hydrogens (tertiary/aromatic N) is 1. The lowest BCUT2D eigenvalue weighted by Crippen LogP contribution is -2.20. The molecule has 1 aromatic carbocycles. The van der Waals surface area contributed by atoms with Crippen LogP contribution in [0.1, 0.15) is 25.3 Å². The van der Waals surface area contributed by atoms with Gasteiger partial charge in [-0.15, -0.1) is 0 Å². The first-order chi connectivity index (χ1) is 10.1. The molecule has 6 heteroatoms. The monoisotopic (exact) mass is 289 g/mol. The summed E-state index contributed by atoms with van der Waals surface area (Å²) in [6.45, 7) is 2.66. The van der Waals surface area contributed by atoms with Crippen molar-refractivity contribution in [1.29, 1.82) is 0 Å². The van der Waals surface area contributed by atoms with Crippen molar-refractivity contribution in [3.05, 3.63) is 46.2 Å². The van der Waals surface area contributed by atoms with E-state index in [9.17, 15) is 14.9 Å². The lowest BCUT2D eigenvalue weighted by atomic mass is 9.96. The lowest BCUT2D eigenvalue weighted by molar-refractivity contribution is -0.385. The predicted molar refractivity (Wildman–Crippen MR) is 81.0 cm³/mol. The highest BCUT2D eigenvalue weighted by atomic mass is 16.6. The Kier molecular flexibility index (Phi) is 4.92. The van der Waals surface area contributed by atoms with Crippen molar-refractivity contribution in [3.63, 3.8) is 0 Å². The predicted octanol–water partition coefficient (Wildman–Crippen LogP) is 2.61. The molecular weight excluding hydrogens is 270 g/mol. The SMILES string of the molecule is CCC=CNc1ccc(CC2CCNC2=O)c([N+](=O)[O-])c1. The molecule has 1 aliphatic heterocycles. The molecule has 1 aliphatic rings. The van der Waals surface area contributed by atoms with Crippen molar-refractivity contribution in [2.24, 2.45) is 5.92 Å². The van der Waals surface area contributed by atoms with Crippen molar-refractivity contribution in [1.82, 2.24) is 5.32 Å². The summed E-state index contributed by atoms with van der Waals surface area (Å²) in [4.78, 5) is 22.4. The fraction of sp³-hybridized carbons (Fsp3) is 0.400. The van der Waals surface area contributed by atoms with Crippen LogP contribution < -0.4 is 10.6 Å². The van der Waals surface area contributed by atoms with Crippen LogP contribution in [0.15, 0.2) is 30.5 Å². The van der Waals surface area contributed by atoms with E-state index in [1.807, 2.05) is 13.0 Å². The first kappa shape index (κ1) is 15.0. The molecule has 0 spiro atoms. The lowest BCUT2D eigenvalue weighted by Gasteiger charge is -2.09. The number of hydrogen-bond donors (Lipinski definition) is 2. The number of carbonyl (C=O) groups is 1. The Morgan fingerprint density at radius 1 is 1.52 bits per heavy atom. The van der Waals surface area contributed by atoms with Gasteiger partial charge < -0.3 is 10.6 Å². The number of allylic oxidation sites excluding steroid dienone is 1. The standard InChI is InChI=1S/C15H19N3O3/c1-2-3-7-16-13-5-4-11(14(10-13)18(20)21)9-12-6-8-17-15(12)19/h3-5,7,10,12,16H,2,6,8-9H2,1H3,(H,17,19). The van der Waals surface area contributed by atoms with E-state index in [2.05, 4.69) is 10.6 Å². The molecule has 0 saturated carbocycles. The second-order valence-electron chi connectivity index (χ2n) is 5.04. The Balaban J connectivity index is 2.18. The average molecular weight is 289 g/mol. The zero-order valence-corrected chi connectivity index (χ0v) is 12.0. The fourth-order valence-electron chi connectivity index (χ4n) is 2.37. The van der Waals surface area contributed by atoms with Crippen LogP contribution in [-0.4, -0.2) is 17.4 Å². The highest BCUT2D eigenvalue weighted by Crippen LogP contribution is 2.27. The Morgan fingerprint density at radius 2 is 2.33 bits per heavy atom. The van der Waals surface area contributed by atoms with E-state index in [4.69, 9.17) is 0 Å². The van der Waals surface area contributed by atoms with E-state index in [1.54, 1.807) is 18.3 Å². The van der Waals surface area contributed by atoms with Gasteiger partial charge in [-0.3, -0.25) is 14.9 Å². The van der Waals surface area contributed by atoms with Crippen LogP contribution in [0.25, 0.3) is 0 Å². The number of nitrogens with one attached hydrogen (secondary N) is 2. The molecule has 0 aliphatic carbocycles. The Bertz CT molecular complexity index is 569. The minimum atomic E-state index is -0.392. The number of rotatable bonds is 6. The van der Waals surface area contributed by atoms with Crippen molar-refractivity contribution < 1.29 is 9.72 Å². The molecule has 1 amide bonds. The maximum atomic E-state index is 11.6. The molecule has 2 rings (SSSR count). The quantitative estimate of drug-likeness (QED) is 0.622. The molecule has 1 aromatic rings. The minimum absolute atomic E-state index is 0.0163. The maximum Gasteiger partial charge on any atom is 0.274 e. The molecule has 1 saturated heterocycles. The van der Waals surface area contributed by atoms with Gasteiger partial charge in [-0.05, 0) is 31.5 Å². The normalized spacial score (nSPS) is 18.0. The Labute approximate surface area is 123 Å². The second-order valence-corrected chi connectivity index (χ2v) is 5.04. The molecule has 1 atom stereocenters. The van der Waals surface area contributed by atoms with E-state index in [0.717, 1.165) is 12.8 Å². The van der Waals surface area contributed by atoms with Crippen LogP contribution in [0.5, 0.6) is 0 Å². The summed E-state index contributed by atoms with van der Waals surface area (Å²) < 4.78 is 0. The minimum Gasteiger partial charge on any atom is -0.362 e. The number of carbonyl (C=O) groups excluding carboxylic acids is 1. The molecular formula is C15H19N3O3. The van der Waals surface area contributed by atoms with Gasteiger partial charge in [0.1, 0.15) is 0 Å². The van der Waals surface area contributed by atoms with Gasteiger partial charge in [-0.25, -0.2) is 0 Å². The van der Waals surface area contributed by atoms with Gasteiger partial charge in [0.05, 0.1) is 4.92 Å². The van der Waals surface area contributed by atoms with E-state index >= 15 is 0 Å². The molecule has 0 aromatic heterocycles. The van der Waals surface area contributed by atoms with Crippen molar-refractivity contribution in [2.75, 3.05) is 11.9 Å². The third-order valence-electron chi connectivity index (χ3n) is 3.51. The topological polar surface area (TPSA) is 84.3 Å². The largest absolute Gasteiger partial charge is 0.362 e. The van der Waals surface area contributed by atoms with Crippen LogP contribution in [-0.2, 0) is 11.2 Å². The zero-order valence-electron chi connectivity index (χ0n) is 12.0. The van der Waals surface area contributed by atoms with Gasteiger partial charge in [-0.1, -0.05) is 19.1 Å². The summed E-state index contributed by atoms with van der Waals surface area (Å²) in [7, 11) is 0. The molecule has 21 heavy (non-hydrogen) atoms. The van der Waals surface area contributed by atoms with Crippen LogP contribution in [0.3, 0.4) is 0 Å². The molecule has 0 radical (unpaired) electrons. The first-order valence-electron chi connectivity index (χ1n) is 7.08. The summed E-state index contributed by atoms with van der Waals surface area (Å²) in [5, 5.41) is 17.0. The van der Waals surface area contributed by atoms with Crippen LogP contribution in [0, 0.1) is 16.0 Å². The van der Waals surface area contributed by atoms with Gasteiger partial charge in [0.2, 0.25) is 5.91 Å². The number of nitro benzene ring substituents is 1.